The van der Waals surface area contributed by atoms with Crippen molar-refractivity contribution in [2.75, 3.05) is 13.2 Å². The Morgan fingerprint density at radius 1 is 1.21 bits per heavy atom. The van der Waals surface area contributed by atoms with Crippen molar-refractivity contribution >= 4 is 29.9 Å². The zero-order valence-electron chi connectivity index (χ0n) is 16.8. The first-order valence-electron chi connectivity index (χ1n) is 9.91. The Labute approximate surface area is 186 Å². The number of aryl methyl sites for hydroxylation is 1. The summed E-state index contributed by atoms with van der Waals surface area (Å²) in [4.78, 5) is 4.58. The topological polar surface area (TPSA) is 76.4 Å². The number of halogens is 4. The van der Waals surface area contributed by atoms with E-state index in [4.69, 9.17) is 4.74 Å². The van der Waals surface area contributed by atoms with Crippen LogP contribution >= 0.6 is 24.0 Å². The average molecular weight is 530 g/mol. The molecule has 1 aliphatic heterocycles. The largest absolute Gasteiger partial charge is 0.391 e. The van der Waals surface area contributed by atoms with Gasteiger partial charge in [0.15, 0.2) is 11.8 Å². The molecule has 2 fully saturated rings. The molecule has 29 heavy (non-hydrogen) atoms. The lowest BCUT2D eigenvalue weighted by Crippen LogP contribution is -2.47. The second-order valence-electron chi connectivity index (χ2n) is 7.64. The van der Waals surface area contributed by atoms with Gasteiger partial charge in [-0.05, 0) is 45.4 Å². The Morgan fingerprint density at radius 2 is 1.93 bits per heavy atom. The van der Waals surface area contributed by atoms with Crippen molar-refractivity contribution in [2.24, 2.45) is 18.0 Å². The maximum atomic E-state index is 12.9. The summed E-state index contributed by atoms with van der Waals surface area (Å²) >= 11 is 0. The quantitative estimate of drug-likeness (QED) is 0.348. The highest BCUT2D eigenvalue weighted by Crippen LogP contribution is 2.37. The summed E-state index contributed by atoms with van der Waals surface area (Å²) in [5, 5.41) is 14.7. The first-order valence-corrected chi connectivity index (χ1v) is 9.91. The fourth-order valence-electron chi connectivity index (χ4n) is 3.67. The average Bonchev–Trinajstić information content (AvgIpc) is 3.28. The molecule has 1 saturated carbocycles. The SMILES string of the molecule is Cc1nnc(CN=C(NCC2CCCO2)NC2CCC(C(F)(F)F)CC2)n1C.I. The predicted octanol–water partition coefficient (Wildman–Crippen LogP) is 3.08. The van der Waals surface area contributed by atoms with Gasteiger partial charge in [0.05, 0.1) is 12.0 Å². The van der Waals surface area contributed by atoms with E-state index in [0.717, 1.165) is 31.1 Å². The van der Waals surface area contributed by atoms with Crippen LogP contribution in [0.25, 0.3) is 0 Å². The van der Waals surface area contributed by atoms with E-state index in [0.29, 0.717) is 31.9 Å². The molecule has 0 spiro atoms. The summed E-state index contributed by atoms with van der Waals surface area (Å²) in [7, 11) is 1.88. The lowest BCUT2D eigenvalue weighted by molar-refractivity contribution is -0.182. The zero-order valence-corrected chi connectivity index (χ0v) is 19.2. The molecule has 1 aliphatic carbocycles. The smallest absolute Gasteiger partial charge is 0.376 e. The number of hydrogen-bond acceptors (Lipinski definition) is 4. The van der Waals surface area contributed by atoms with Crippen LogP contribution in [-0.4, -0.2) is 52.2 Å². The van der Waals surface area contributed by atoms with Gasteiger partial charge in [0.25, 0.3) is 0 Å². The molecule has 7 nitrogen and oxygen atoms in total. The van der Waals surface area contributed by atoms with E-state index in [9.17, 15) is 13.2 Å². The molecule has 1 atom stereocenters. The zero-order chi connectivity index (χ0) is 20.1. The maximum Gasteiger partial charge on any atom is 0.391 e. The monoisotopic (exact) mass is 530 g/mol. The van der Waals surface area contributed by atoms with Crippen molar-refractivity contribution < 1.29 is 17.9 Å². The minimum Gasteiger partial charge on any atom is -0.376 e. The molecule has 2 aliphatic rings. The van der Waals surface area contributed by atoms with Crippen molar-refractivity contribution in [3.8, 4) is 0 Å². The van der Waals surface area contributed by atoms with E-state index >= 15 is 0 Å². The number of guanidine groups is 1. The summed E-state index contributed by atoms with van der Waals surface area (Å²) in [5.41, 5.74) is 0. The van der Waals surface area contributed by atoms with Crippen LogP contribution in [0.15, 0.2) is 4.99 Å². The highest BCUT2D eigenvalue weighted by molar-refractivity contribution is 14.0. The Kier molecular flexibility index (Phi) is 8.98. The van der Waals surface area contributed by atoms with Gasteiger partial charge in [-0.1, -0.05) is 0 Å². The van der Waals surface area contributed by atoms with Crippen LogP contribution in [-0.2, 0) is 18.3 Å². The van der Waals surface area contributed by atoms with Crippen molar-refractivity contribution in [1.82, 2.24) is 25.4 Å². The molecule has 0 amide bonds. The highest BCUT2D eigenvalue weighted by Gasteiger charge is 2.41. The number of hydrogen-bond donors (Lipinski definition) is 2. The number of alkyl halides is 3. The lowest BCUT2D eigenvalue weighted by atomic mass is 9.85. The molecule has 0 bridgehead atoms. The van der Waals surface area contributed by atoms with Crippen LogP contribution in [0.4, 0.5) is 13.2 Å². The molecule has 1 aromatic rings. The molecule has 3 rings (SSSR count). The summed E-state index contributed by atoms with van der Waals surface area (Å²) in [6.45, 7) is 3.61. The van der Waals surface area contributed by atoms with Crippen LogP contribution in [0, 0.1) is 12.8 Å². The molecule has 0 aromatic carbocycles. The first kappa shape index (κ1) is 24.2. The second-order valence-corrected chi connectivity index (χ2v) is 7.64. The van der Waals surface area contributed by atoms with Crippen LogP contribution in [0.2, 0.25) is 0 Å². The molecule has 1 aromatic heterocycles. The minimum absolute atomic E-state index is 0. The van der Waals surface area contributed by atoms with Gasteiger partial charge < -0.3 is 19.9 Å². The summed E-state index contributed by atoms with van der Waals surface area (Å²) in [6.07, 6.45) is -0.633. The molecular formula is C18H30F3IN6O. The van der Waals surface area contributed by atoms with E-state index < -0.39 is 12.1 Å². The van der Waals surface area contributed by atoms with Gasteiger partial charge in [0.1, 0.15) is 12.4 Å². The lowest BCUT2D eigenvalue weighted by Gasteiger charge is -2.31. The fourth-order valence-corrected chi connectivity index (χ4v) is 3.67. The third-order valence-corrected chi connectivity index (χ3v) is 5.61. The summed E-state index contributed by atoms with van der Waals surface area (Å²) < 4.78 is 46.2. The molecule has 1 unspecified atom stereocenters. The van der Waals surface area contributed by atoms with E-state index in [2.05, 4.69) is 25.8 Å². The summed E-state index contributed by atoms with van der Waals surface area (Å²) in [6, 6.07) is -0.0180. The Bertz CT molecular complexity index is 667. The molecule has 11 heteroatoms. The van der Waals surface area contributed by atoms with Crippen molar-refractivity contribution in [2.45, 2.75) is 70.3 Å². The van der Waals surface area contributed by atoms with E-state index in [1.807, 2.05) is 18.5 Å². The predicted molar refractivity (Wildman–Crippen MR) is 114 cm³/mol. The number of aromatic nitrogens is 3. The minimum atomic E-state index is -4.09. The molecule has 2 heterocycles. The summed E-state index contributed by atoms with van der Waals surface area (Å²) in [5.74, 6) is 0.938. The molecule has 0 radical (unpaired) electrons. The standard InChI is InChI=1S/C18H29F3N6O.HI/c1-12-25-26-16(27(12)2)11-23-17(22-10-15-4-3-9-28-15)24-14-7-5-13(6-8-14)18(19,20)21;/h13-15H,3-11H2,1-2H3,(H2,22,23,24);1H. The van der Waals surface area contributed by atoms with Gasteiger partial charge in [-0.2, -0.15) is 13.2 Å². The molecule has 166 valence electrons. The second kappa shape index (κ2) is 10.8. The van der Waals surface area contributed by atoms with Gasteiger partial charge >= 0.3 is 6.18 Å². The third kappa shape index (κ3) is 6.97. The van der Waals surface area contributed by atoms with Gasteiger partial charge in [-0.3, -0.25) is 0 Å². The molecular weight excluding hydrogens is 500 g/mol. The van der Waals surface area contributed by atoms with E-state index in [-0.39, 0.29) is 49.0 Å². The van der Waals surface area contributed by atoms with Gasteiger partial charge in [-0.15, -0.1) is 34.2 Å². The number of nitrogens with one attached hydrogen (secondary N) is 2. The van der Waals surface area contributed by atoms with Gasteiger partial charge in [-0.25, -0.2) is 4.99 Å². The number of rotatable bonds is 5. The Balaban J connectivity index is 0.00000300. The number of aliphatic imine (C=N–C) groups is 1. The van der Waals surface area contributed by atoms with Gasteiger partial charge in [0.2, 0.25) is 0 Å². The van der Waals surface area contributed by atoms with Crippen LogP contribution in [0.3, 0.4) is 0 Å². The van der Waals surface area contributed by atoms with Crippen LogP contribution < -0.4 is 10.6 Å². The first-order chi connectivity index (χ1) is 13.3. The Morgan fingerprint density at radius 3 is 2.48 bits per heavy atom. The van der Waals surface area contributed by atoms with E-state index in [1.165, 1.54) is 0 Å². The van der Waals surface area contributed by atoms with Crippen LogP contribution in [0.5, 0.6) is 0 Å². The van der Waals surface area contributed by atoms with E-state index in [1.54, 1.807) is 0 Å². The Hall–Kier alpha value is -1.11. The number of ether oxygens (including phenoxy) is 1. The van der Waals surface area contributed by atoms with Crippen molar-refractivity contribution in [1.29, 1.82) is 0 Å². The third-order valence-electron chi connectivity index (χ3n) is 5.61. The van der Waals surface area contributed by atoms with Crippen LogP contribution in [0.1, 0.15) is 50.2 Å². The van der Waals surface area contributed by atoms with Gasteiger partial charge in [0, 0.05) is 26.2 Å². The molecule has 1 saturated heterocycles. The normalized spacial score (nSPS) is 25.6. The van der Waals surface area contributed by atoms with Crippen molar-refractivity contribution in [3.63, 3.8) is 0 Å². The molecule has 2 N–H and O–H groups in total. The fraction of sp³-hybridized carbons (Fsp3) is 0.833. The number of nitrogens with zero attached hydrogens (tertiary/aromatic N) is 4. The maximum absolute atomic E-state index is 12.9. The van der Waals surface area contributed by atoms with Crippen molar-refractivity contribution in [3.05, 3.63) is 11.6 Å². The highest BCUT2D eigenvalue weighted by atomic mass is 127.